The maximum Gasteiger partial charge on any atom is 0.267 e. The summed E-state index contributed by atoms with van der Waals surface area (Å²) in [6.07, 6.45) is 1.78. The predicted molar refractivity (Wildman–Crippen MR) is 71.7 cm³/mol. The Morgan fingerprint density at radius 2 is 2.41 bits per heavy atom. The average molecular weight is 318 g/mol. The second-order valence-corrected chi connectivity index (χ2v) is 6.37. The molecule has 0 N–H and O–H groups in total. The summed E-state index contributed by atoms with van der Waals surface area (Å²) in [5.74, 6) is 0.599. The lowest BCUT2D eigenvalue weighted by atomic mass is 10.00. The number of hydrogen-bond donors (Lipinski definition) is 0. The van der Waals surface area contributed by atoms with Crippen molar-refractivity contribution in [3.63, 3.8) is 0 Å². The van der Waals surface area contributed by atoms with Crippen LogP contribution in [0.3, 0.4) is 0 Å². The van der Waals surface area contributed by atoms with Crippen molar-refractivity contribution in [1.29, 1.82) is 0 Å². The molecule has 1 aliphatic rings. The highest BCUT2D eigenvalue weighted by Crippen LogP contribution is 2.25. The van der Waals surface area contributed by atoms with E-state index in [9.17, 15) is 4.79 Å². The molecule has 0 bridgehead atoms. The molecular weight excluding hydrogens is 302 g/mol. The average Bonchev–Trinajstić information content (AvgIpc) is 2.80. The molecule has 1 fully saturated rings. The number of alkyl halides is 1. The van der Waals surface area contributed by atoms with E-state index >= 15 is 0 Å². The first-order valence-electron chi connectivity index (χ1n) is 5.88. The van der Waals surface area contributed by atoms with E-state index in [4.69, 9.17) is 0 Å². The SMILES string of the molecule is CCc1nnsc1C(=O)N1CCC(Br)C(C)C1. The molecule has 1 amide bonds. The number of carbonyl (C=O) groups excluding carboxylic acids is 1. The van der Waals surface area contributed by atoms with Crippen molar-refractivity contribution >= 4 is 33.4 Å². The van der Waals surface area contributed by atoms with Gasteiger partial charge in [-0.25, -0.2) is 0 Å². The van der Waals surface area contributed by atoms with Crippen LogP contribution in [0.25, 0.3) is 0 Å². The van der Waals surface area contributed by atoms with Crippen LogP contribution in [0.4, 0.5) is 0 Å². The molecule has 2 unspecified atom stereocenters. The number of aromatic nitrogens is 2. The van der Waals surface area contributed by atoms with Crippen molar-refractivity contribution in [3.05, 3.63) is 10.6 Å². The maximum absolute atomic E-state index is 12.3. The van der Waals surface area contributed by atoms with Crippen LogP contribution >= 0.6 is 27.5 Å². The fourth-order valence-electron chi connectivity index (χ4n) is 2.05. The number of carbonyl (C=O) groups is 1. The highest BCUT2D eigenvalue weighted by atomic mass is 79.9. The van der Waals surface area contributed by atoms with Gasteiger partial charge in [-0.05, 0) is 30.3 Å². The Morgan fingerprint density at radius 3 is 3.06 bits per heavy atom. The van der Waals surface area contributed by atoms with Crippen molar-refractivity contribution < 1.29 is 4.79 Å². The summed E-state index contributed by atoms with van der Waals surface area (Å²) < 4.78 is 3.88. The summed E-state index contributed by atoms with van der Waals surface area (Å²) in [4.78, 5) is 15.5. The molecule has 94 valence electrons. The molecule has 0 radical (unpaired) electrons. The van der Waals surface area contributed by atoms with E-state index in [1.165, 1.54) is 11.5 Å². The predicted octanol–water partition coefficient (Wildman–Crippen LogP) is 2.35. The van der Waals surface area contributed by atoms with Gasteiger partial charge in [-0.15, -0.1) is 5.10 Å². The van der Waals surface area contributed by atoms with E-state index in [-0.39, 0.29) is 5.91 Å². The van der Waals surface area contributed by atoms with Crippen LogP contribution in [-0.4, -0.2) is 38.3 Å². The van der Waals surface area contributed by atoms with Crippen LogP contribution in [0, 0.1) is 5.92 Å². The van der Waals surface area contributed by atoms with E-state index in [2.05, 4.69) is 32.4 Å². The minimum atomic E-state index is 0.100. The molecule has 4 nitrogen and oxygen atoms in total. The Labute approximate surface area is 114 Å². The van der Waals surface area contributed by atoms with Crippen LogP contribution in [0.2, 0.25) is 0 Å². The zero-order chi connectivity index (χ0) is 12.4. The van der Waals surface area contributed by atoms with Crippen LogP contribution in [0.5, 0.6) is 0 Å². The van der Waals surface area contributed by atoms with Gasteiger partial charge in [0.2, 0.25) is 0 Å². The van der Waals surface area contributed by atoms with Gasteiger partial charge in [0.05, 0.1) is 5.69 Å². The quantitative estimate of drug-likeness (QED) is 0.786. The van der Waals surface area contributed by atoms with Crippen LogP contribution in [0.1, 0.15) is 35.6 Å². The molecule has 6 heteroatoms. The molecule has 1 aromatic heterocycles. The molecule has 1 saturated heterocycles. The molecule has 0 aliphatic carbocycles. The molecule has 17 heavy (non-hydrogen) atoms. The first-order chi connectivity index (χ1) is 8.13. The lowest BCUT2D eigenvalue weighted by molar-refractivity contribution is 0.0694. The molecule has 0 spiro atoms. The van der Waals surface area contributed by atoms with Crippen LogP contribution in [-0.2, 0) is 6.42 Å². The van der Waals surface area contributed by atoms with Gasteiger partial charge in [0.15, 0.2) is 0 Å². The van der Waals surface area contributed by atoms with Gasteiger partial charge in [0, 0.05) is 17.9 Å². The molecule has 1 aromatic rings. The Kier molecular flexibility index (Phi) is 4.14. The first kappa shape index (κ1) is 13.0. The molecule has 2 heterocycles. The number of piperidine rings is 1. The summed E-state index contributed by atoms with van der Waals surface area (Å²) in [5.41, 5.74) is 0.827. The summed E-state index contributed by atoms with van der Waals surface area (Å²) >= 11 is 4.86. The van der Waals surface area contributed by atoms with Crippen molar-refractivity contribution in [3.8, 4) is 0 Å². The number of likely N-dealkylation sites (tertiary alicyclic amines) is 1. The van der Waals surface area contributed by atoms with E-state index < -0.39 is 0 Å². The zero-order valence-corrected chi connectivity index (χ0v) is 12.4. The number of aryl methyl sites for hydroxylation is 1. The number of halogens is 1. The second kappa shape index (κ2) is 5.44. The van der Waals surface area contributed by atoms with Crippen molar-refractivity contribution in [1.82, 2.24) is 14.5 Å². The standard InChI is InChI=1S/C11H16BrN3OS/c1-3-9-10(17-14-13-9)11(16)15-5-4-8(12)7(2)6-15/h7-8H,3-6H2,1-2H3. The van der Waals surface area contributed by atoms with Crippen molar-refractivity contribution in [2.45, 2.75) is 31.5 Å². The van der Waals surface area contributed by atoms with E-state index in [1.54, 1.807) is 0 Å². The van der Waals surface area contributed by atoms with E-state index in [0.717, 1.165) is 31.6 Å². The van der Waals surface area contributed by atoms with Gasteiger partial charge >= 0.3 is 0 Å². The number of rotatable bonds is 2. The third kappa shape index (κ3) is 2.68. The van der Waals surface area contributed by atoms with Crippen LogP contribution in [0.15, 0.2) is 0 Å². The molecular formula is C11H16BrN3OS. The van der Waals surface area contributed by atoms with Gasteiger partial charge in [-0.1, -0.05) is 34.3 Å². The Bertz CT molecular complexity index is 409. The monoisotopic (exact) mass is 317 g/mol. The smallest absolute Gasteiger partial charge is 0.267 e. The number of nitrogens with zero attached hydrogens (tertiary/aromatic N) is 3. The fourth-order valence-corrected chi connectivity index (χ4v) is 3.14. The molecule has 0 aromatic carbocycles. The summed E-state index contributed by atoms with van der Waals surface area (Å²) in [5, 5.41) is 4.00. The zero-order valence-electron chi connectivity index (χ0n) is 10.0. The van der Waals surface area contributed by atoms with E-state index in [0.29, 0.717) is 15.6 Å². The summed E-state index contributed by atoms with van der Waals surface area (Å²) in [6, 6.07) is 0. The number of amides is 1. The fraction of sp³-hybridized carbons (Fsp3) is 0.727. The van der Waals surface area contributed by atoms with Gasteiger partial charge in [-0.3, -0.25) is 4.79 Å². The molecule has 0 saturated carbocycles. The highest BCUT2D eigenvalue weighted by molar-refractivity contribution is 9.09. The highest BCUT2D eigenvalue weighted by Gasteiger charge is 2.29. The molecule has 1 aliphatic heterocycles. The Hall–Kier alpha value is -0.490. The summed E-state index contributed by atoms with van der Waals surface area (Å²) in [7, 11) is 0. The maximum atomic E-state index is 12.3. The van der Waals surface area contributed by atoms with Gasteiger partial charge in [0.1, 0.15) is 4.88 Å². The number of hydrogen-bond acceptors (Lipinski definition) is 4. The lowest BCUT2D eigenvalue weighted by Crippen LogP contribution is -2.43. The first-order valence-corrected chi connectivity index (χ1v) is 7.57. The van der Waals surface area contributed by atoms with Crippen molar-refractivity contribution in [2.75, 3.05) is 13.1 Å². The Balaban J connectivity index is 2.10. The van der Waals surface area contributed by atoms with Gasteiger partial charge < -0.3 is 4.90 Å². The molecule has 2 rings (SSSR count). The Morgan fingerprint density at radius 1 is 1.65 bits per heavy atom. The van der Waals surface area contributed by atoms with E-state index in [1.807, 2.05) is 11.8 Å². The van der Waals surface area contributed by atoms with Crippen molar-refractivity contribution in [2.24, 2.45) is 5.92 Å². The normalized spacial score (nSPS) is 25.0. The van der Waals surface area contributed by atoms with Crippen LogP contribution < -0.4 is 0 Å². The molecule has 2 atom stereocenters. The largest absolute Gasteiger partial charge is 0.337 e. The third-order valence-corrected chi connectivity index (χ3v) is 5.29. The second-order valence-electron chi connectivity index (χ2n) is 4.44. The minimum Gasteiger partial charge on any atom is -0.337 e. The topological polar surface area (TPSA) is 46.1 Å². The third-order valence-electron chi connectivity index (χ3n) is 3.17. The van der Waals surface area contributed by atoms with Gasteiger partial charge in [0.25, 0.3) is 5.91 Å². The lowest BCUT2D eigenvalue weighted by Gasteiger charge is -2.34. The minimum absolute atomic E-state index is 0.100. The summed E-state index contributed by atoms with van der Waals surface area (Å²) in [6.45, 7) is 5.81. The van der Waals surface area contributed by atoms with Gasteiger partial charge in [-0.2, -0.15) is 0 Å².